The number of aryl methyl sites for hydroxylation is 6. The third kappa shape index (κ3) is 49.3. The molecule has 2 atom stereocenters. The first-order valence-corrected chi connectivity index (χ1v) is 41.2. The van der Waals surface area contributed by atoms with Crippen LogP contribution in [0.25, 0.3) is 0 Å². The van der Waals surface area contributed by atoms with Gasteiger partial charge in [0.1, 0.15) is 0 Å². The second-order valence-electron chi connectivity index (χ2n) is 24.9. The molecule has 0 bridgehead atoms. The second-order valence-corrected chi connectivity index (χ2v) is 32.5. The molecule has 4 amide bonds. The molecule has 29 heteroatoms. The molecule has 0 fully saturated rings. The van der Waals surface area contributed by atoms with Gasteiger partial charge in [0.2, 0.25) is 43.7 Å². The van der Waals surface area contributed by atoms with Gasteiger partial charge in [0.05, 0.1) is 91.4 Å². The molecule has 0 heterocycles. The largest absolute Gasteiger partial charge is 0.379 e. The maximum atomic E-state index is 12.3. The Kier molecular flexibility index (Phi) is 49.1. The van der Waals surface area contributed by atoms with E-state index in [2.05, 4.69) is 30.7 Å². The molecular formula is C77H114N6O19S4. The van der Waals surface area contributed by atoms with Gasteiger partial charge in [-0.05, 0) is 128 Å². The number of carbonyl (C=O) groups is 5. The molecule has 0 saturated carbocycles. The quantitative estimate of drug-likeness (QED) is 0.0155. The van der Waals surface area contributed by atoms with Crippen LogP contribution in [0, 0.1) is 47.5 Å². The van der Waals surface area contributed by atoms with E-state index in [0.29, 0.717) is 115 Å². The lowest BCUT2D eigenvalue weighted by molar-refractivity contribution is -0.120. The zero-order valence-corrected chi connectivity index (χ0v) is 67.3. The van der Waals surface area contributed by atoms with E-state index in [1.165, 1.54) is 45.1 Å². The van der Waals surface area contributed by atoms with Crippen LogP contribution in [0.2, 0.25) is 0 Å². The zero-order chi connectivity index (χ0) is 79.6. The molecule has 6 aromatic carbocycles. The molecule has 0 spiro atoms. The maximum Gasteiger partial charge on any atom is 0.240 e. The number of sulfonamides is 2. The van der Waals surface area contributed by atoms with Gasteiger partial charge in [-0.1, -0.05) is 137 Å². The van der Waals surface area contributed by atoms with Crippen molar-refractivity contribution in [1.82, 2.24) is 30.7 Å². The lowest BCUT2D eigenvalue weighted by atomic mass is 10.1. The Morgan fingerprint density at radius 2 is 0.698 bits per heavy atom. The van der Waals surface area contributed by atoms with E-state index in [-0.39, 0.29) is 70.1 Å². The third-order valence-electron chi connectivity index (χ3n) is 14.2. The Hall–Kier alpha value is -7.65. The number of rotatable bonds is 39. The summed E-state index contributed by atoms with van der Waals surface area (Å²) in [4.78, 5) is 54.7. The number of Topliss-reactive ketones (excluding diaryl/α,β-unsaturated/α-hetero) is 1. The maximum absolute atomic E-state index is 12.3. The molecule has 0 aromatic heterocycles. The number of hydrogen-bond acceptors (Lipinski definition) is 19. The van der Waals surface area contributed by atoms with E-state index >= 15 is 0 Å². The van der Waals surface area contributed by atoms with E-state index < -0.39 is 39.7 Å². The highest BCUT2D eigenvalue weighted by atomic mass is 32.2. The summed E-state index contributed by atoms with van der Waals surface area (Å²) in [6, 6.07) is 42.7. The number of ether oxygens (including phenoxy) is 6. The highest BCUT2D eigenvalue weighted by molar-refractivity contribution is 7.91. The molecule has 6 aromatic rings. The number of ketones is 1. The van der Waals surface area contributed by atoms with Crippen LogP contribution >= 0.6 is 0 Å². The molecule has 0 aliphatic carbocycles. The van der Waals surface area contributed by atoms with Gasteiger partial charge < -0.3 is 49.7 Å². The summed E-state index contributed by atoms with van der Waals surface area (Å²) in [5.74, 6) is -0.159. The van der Waals surface area contributed by atoms with Crippen molar-refractivity contribution >= 4 is 69.1 Å². The van der Waals surface area contributed by atoms with Crippen LogP contribution in [0.3, 0.4) is 0 Å². The Morgan fingerprint density at radius 1 is 0.358 bits per heavy atom. The Labute approximate surface area is 630 Å². The summed E-state index contributed by atoms with van der Waals surface area (Å²) in [5, 5.41) is 10.7. The van der Waals surface area contributed by atoms with Crippen molar-refractivity contribution in [1.29, 1.82) is 0 Å². The summed E-state index contributed by atoms with van der Waals surface area (Å²) in [6.07, 6.45) is 2.57. The minimum Gasteiger partial charge on any atom is -0.379 e. The van der Waals surface area contributed by atoms with Crippen LogP contribution in [0.5, 0.6) is 0 Å². The van der Waals surface area contributed by atoms with E-state index in [0.717, 1.165) is 39.8 Å². The first-order valence-electron chi connectivity index (χ1n) is 34.7. The molecule has 0 aliphatic heterocycles. The smallest absolute Gasteiger partial charge is 0.240 e. The standard InChI is InChI=1S/C19H32N2O6S.C18H29NO5S.C13H20N2O4S.C10H13NO.C9H10O.C8H10O2S/c1-17-5-7-19(8-6-17)28(23,24)21-10-4-12-26-14-16-27-15-13-25-11-3-9-20-18(2)22;1-14-5-7-18(8-6-14)25(21,22)13-15(2)11-23-9-10-24-12-16(3)19-17(4)20;1-11-3-5-13(6-4-11)20(17,18)15-8-10-19-9-7-14-12(2)16;1-8-3-5-10(6-4-8)7-11-9(2)12;1-7-3-5-9(6-4-7)8(2)10;1-7-3-5-8(6-4-7)11(2,9)10/h5-8,21H,3-4,9-16H2,1-2H3,(H,20,22);5-8,15-16H,9-13H2,1-4H3,(H,19,20);3-6,15H,7-10H2,1-2H3,(H,14,16);3-6H,7H2,1-2H3,(H,11,12);3-6H,1-2H3;3-6H,1-2H3. The van der Waals surface area contributed by atoms with Crippen LogP contribution in [0.15, 0.2) is 165 Å². The normalized spacial score (nSPS) is 11.6. The van der Waals surface area contributed by atoms with E-state index in [1.54, 1.807) is 104 Å². The summed E-state index contributed by atoms with van der Waals surface area (Å²) >= 11 is 0. The van der Waals surface area contributed by atoms with Crippen LogP contribution in [-0.4, -0.2) is 187 Å². The second kappa shape index (κ2) is 54.0. The molecule has 0 radical (unpaired) electrons. The molecular weight excluding hydrogens is 1440 g/mol. The molecule has 6 N–H and O–H groups in total. The molecule has 590 valence electrons. The Morgan fingerprint density at radius 3 is 1.11 bits per heavy atom. The topological polar surface area (TPSA) is 349 Å². The lowest BCUT2D eigenvalue weighted by Crippen LogP contribution is -2.34. The van der Waals surface area contributed by atoms with Crippen LogP contribution in [0.1, 0.15) is 111 Å². The Balaban J connectivity index is 0.000000661. The van der Waals surface area contributed by atoms with E-state index in [9.17, 15) is 57.6 Å². The van der Waals surface area contributed by atoms with Gasteiger partial charge in [0.25, 0.3) is 0 Å². The average molecular weight is 1560 g/mol. The zero-order valence-electron chi connectivity index (χ0n) is 64.0. The molecule has 25 nitrogen and oxygen atoms in total. The van der Waals surface area contributed by atoms with Gasteiger partial charge >= 0.3 is 0 Å². The van der Waals surface area contributed by atoms with Gasteiger partial charge in [-0.3, -0.25) is 24.0 Å². The SMILES string of the molecule is CC(=O)NC(C)COCCOCC(C)CS(=O)(=O)c1ccc(C)cc1.CC(=O)NCCCOCCOCCOCCCNS(=O)(=O)c1ccc(C)cc1.CC(=O)NCCOCCNS(=O)(=O)c1ccc(C)cc1.CC(=O)NCc1ccc(C)cc1.CC(=O)c1ccc(C)cc1.Cc1ccc(S(C)(=O)=O)cc1. The summed E-state index contributed by atoms with van der Waals surface area (Å²) < 4.78 is 132. The van der Waals surface area contributed by atoms with Crippen molar-refractivity contribution in [3.8, 4) is 0 Å². The molecule has 0 saturated heterocycles. The first-order chi connectivity index (χ1) is 49.9. The predicted octanol–water partition coefficient (Wildman–Crippen LogP) is 8.86. The fraction of sp³-hybridized carbons (Fsp3) is 0.468. The van der Waals surface area contributed by atoms with Crippen LogP contribution in [-0.2, 0) is 93.9 Å². The van der Waals surface area contributed by atoms with Crippen molar-refractivity contribution in [3.63, 3.8) is 0 Å². The summed E-state index contributed by atoms with van der Waals surface area (Å²) in [7, 11) is -13.3. The van der Waals surface area contributed by atoms with Crippen molar-refractivity contribution in [3.05, 3.63) is 190 Å². The van der Waals surface area contributed by atoms with Gasteiger partial charge in [0.15, 0.2) is 25.5 Å². The van der Waals surface area contributed by atoms with Crippen LogP contribution in [0.4, 0.5) is 0 Å². The fourth-order valence-corrected chi connectivity index (χ4v) is 12.7. The molecule has 6 rings (SSSR count). The third-order valence-corrected chi connectivity index (χ3v) is 20.3. The monoisotopic (exact) mass is 1550 g/mol. The van der Waals surface area contributed by atoms with Crippen LogP contribution < -0.4 is 30.7 Å². The minimum absolute atomic E-state index is 0.00979. The first kappa shape index (κ1) is 96.4. The van der Waals surface area contributed by atoms with Crippen molar-refractivity contribution in [2.45, 2.75) is 135 Å². The number of sulfone groups is 2. The summed E-state index contributed by atoms with van der Waals surface area (Å²) in [6.45, 7) is 30.2. The van der Waals surface area contributed by atoms with Gasteiger partial charge in [-0.15, -0.1) is 0 Å². The number of hydrogen-bond donors (Lipinski definition) is 6. The minimum atomic E-state index is -3.48. The average Bonchev–Trinajstić information content (AvgIpc) is 0.848. The van der Waals surface area contributed by atoms with Crippen molar-refractivity contribution in [2.75, 3.05) is 117 Å². The molecule has 106 heavy (non-hydrogen) atoms. The number of amides is 4. The Bertz CT molecular complexity index is 3950. The number of carbonyl (C=O) groups excluding carboxylic acids is 5. The number of nitrogens with one attached hydrogen (secondary N) is 6. The van der Waals surface area contributed by atoms with E-state index in [1.807, 2.05) is 104 Å². The predicted molar refractivity (Wildman–Crippen MR) is 414 cm³/mol. The molecule has 0 aliphatic rings. The van der Waals surface area contributed by atoms with Crippen molar-refractivity contribution in [2.24, 2.45) is 5.92 Å². The lowest BCUT2D eigenvalue weighted by Gasteiger charge is -2.14. The highest BCUT2D eigenvalue weighted by Gasteiger charge is 2.19. The van der Waals surface area contributed by atoms with E-state index in [4.69, 9.17) is 28.4 Å². The van der Waals surface area contributed by atoms with Gasteiger partial charge in [0, 0.05) is 91.5 Å². The fourth-order valence-electron chi connectivity index (χ4n) is 8.43. The van der Waals surface area contributed by atoms with Crippen molar-refractivity contribution < 1.29 is 86.1 Å². The summed E-state index contributed by atoms with van der Waals surface area (Å²) in [5.41, 5.74) is 8.46. The number of benzene rings is 6. The molecule has 2 unspecified atom stereocenters. The van der Waals surface area contributed by atoms with Gasteiger partial charge in [-0.2, -0.15) is 0 Å². The van der Waals surface area contributed by atoms with Gasteiger partial charge in [-0.25, -0.2) is 43.1 Å². The highest BCUT2D eigenvalue weighted by Crippen LogP contribution is 2.17.